The predicted molar refractivity (Wildman–Crippen MR) is 112 cm³/mol. The number of rotatable bonds is 6. The van der Waals surface area contributed by atoms with Gasteiger partial charge in [-0.05, 0) is 36.8 Å². The number of nitrogens with zero attached hydrogens (tertiary/aromatic N) is 4. The van der Waals surface area contributed by atoms with Crippen LogP contribution in [0.2, 0.25) is 0 Å². The maximum absolute atomic E-state index is 12.6. The molecule has 0 aliphatic carbocycles. The van der Waals surface area contributed by atoms with Gasteiger partial charge in [-0.15, -0.1) is 16.9 Å². The number of hydrogen-bond acceptors (Lipinski definition) is 4. The summed E-state index contributed by atoms with van der Waals surface area (Å²) in [5.41, 5.74) is 3.15. The van der Waals surface area contributed by atoms with Crippen molar-refractivity contribution in [3.8, 4) is 11.3 Å². The Labute approximate surface area is 169 Å². The molecule has 2 heterocycles. The highest BCUT2D eigenvalue weighted by atomic mass is 32.2. The smallest absolute Gasteiger partial charge is 0.222 e. The van der Waals surface area contributed by atoms with E-state index >= 15 is 0 Å². The first-order valence-electron chi connectivity index (χ1n) is 9.61. The second-order valence-electron chi connectivity index (χ2n) is 7.08. The molecule has 0 saturated carbocycles. The molecule has 3 aromatic rings. The Morgan fingerprint density at radius 3 is 2.68 bits per heavy atom. The molecule has 5 nitrogen and oxygen atoms in total. The first-order chi connectivity index (χ1) is 13.7. The fourth-order valence-corrected chi connectivity index (χ4v) is 3.99. The summed E-state index contributed by atoms with van der Waals surface area (Å²) in [7, 11) is 0. The maximum atomic E-state index is 12.6. The number of carbonyl (C=O) groups excluding carboxylic acids is 1. The van der Waals surface area contributed by atoms with Crippen LogP contribution in [0.1, 0.15) is 24.4 Å². The Hall–Kier alpha value is -2.60. The third kappa shape index (κ3) is 4.28. The number of amides is 1. The fourth-order valence-electron chi connectivity index (χ4n) is 3.58. The molecule has 4 rings (SSSR count). The van der Waals surface area contributed by atoms with Crippen LogP contribution in [0.15, 0.2) is 65.7 Å². The molecule has 1 amide bonds. The minimum absolute atomic E-state index is 0.203. The summed E-state index contributed by atoms with van der Waals surface area (Å²) in [6.45, 7) is 1.50. The fraction of sp³-hybridized carbons (Fsp3) is 0.318. The highest BCUT2D eigenvalue weighted by Gasteiger charge is 2.28. The molecule has 2 aromatic carbocycles. The molecule has 0 radical (unpaired) electrons. The van der Waals surface area contributed by atoms with Crippen molar-refractivity contribution in [1.82, 2.24) is 19.9 Å². The first-order valence-corrected chi connectivity index (χ1v) is 10.8. The van der Waals surface area contributed by atoms with E-state index < -0.39 is 0 Å². The van der Waals surface area contributed by atoms with Crippen molar-refractivity contribution in [1.29, 1.82) is 0 Å². The summed E-state index contributed by atoms with van der Waals surface area (Å²) in [6, 6.07) is 18.7. The van der Waals surface area contributed by atoms with Crippen LogP contribution in [0, 0.1) is 0 Å². The molecule has 28 heavy (non-hydrogen) atoms. The molecule has 0 bridgehead atoms. The van der Waals surface area contributed by atoms with Gasteiger partial charge in [0.2, 0.25) is 5.91 Å². The Kier molecular flexibility index (Phi) is 5.76. The zero-order valence-corrected chi connectivity index (χ0v) is 16.8. The summed E-state index contributed by atoms with van der Waals surface area (Å²) in [4.78, 5) is 15.8. The zero-order valence-electron chi connectivity index (χ0n) is 16.0. The number of likely N-dealkylation sites (tertiary alicyclic amines) is 1. The monoisotopic (exact) mass is 392 g/mol. The van der Waals surface area contributed by atoms with E-state index in [4.69, 9.17) is 0 Å². The standard InChI is InChI=1S/C22H24N4OS/c1-28-20-10-7-17(8-11-20)9-12-22(27)25-14-13-19(15-25)26-16-21(23-24-26)18-5-3-2-4-6-18/h2-8,10-11,16,19H,9,12-15H2,1H3/t19-/m1/s1. The highest BCUT2D eigenvalue weighted by molar-refractivity contribution is 7.98. The van der Waals surface area contributed by atoms with Crippen molar-refractivity contribution >= 4 is 17.7 Å². The van der Waals surface area contributed by atoms with E-state index in [9.17, 15) is 4.79 Å². The highest BCUT2D eigenvalue weighted by Crippen LogP contribution is 2.24. The van der Waals surface area contributed by atoms with Crippen molar-refractivity contribution in [3.05, 3.63) is 66.4 Å². The quantitative estimate of drug-likeness (QED) is 0.593. The summed E-state index contributed by atoms with van der Waals surface area (Å²) >= 11 is 1.73. The minimum Gasteiger partial charge on any atom is -0.340 e. The maximum Gasteiger partial charge on any atom is 0.222 e. The number of hydrogen-bond donors (Lipinski definition) is 0. The van der Waals surface area contributed by atoms with Gasteiger partial charge in [0.15, 0.2) is 0 Å². The Balaban J connectivity index is 1.32. The van der Waals surface area contributed by atoms with Gasteiger partial charge in [0.25, 0.3) is 0 Å². The summed E-state index contributed by atoms with van der Waals surface area (Å²) in [5.74, 6) is 0.222. The summed E-state index contributed by atoms with van der Waals surface area (Å²) < 4.78 is 1.91. The van der Waals surface area contributed by atoms with Crippen LogP contribution < -0.4 is 0 Å². The molecule has 1 atom stereocenters. The average Bonchev–Trinajstić information content (AvgIpc) is 3.43. The molecule has 1 fully saturated rings. The Morgan fingerprint density at radius 2 is 1.93 bits per heavy atom. The predicted octanol–water partition coefficient (Wildman–Crippen LogP) is 4.07. The molecule has 144 valence electrons. The van der Waals surface area contributed by atoms with Gasteiger partial charge in [-0.25, -0.2) is 4.68 Å². The van der Waals surface area contributed by atoms with Gasteiger partial charge in [0.1, 0.15) is 5.69 Å². The van der Waals surface area contributed by atoms with Crippen molar-refractivity contribution < 1.29 is 4.79 Å². The van der Waals surface area contributed by atoms with E-state index in [2.05, 4.69) is 40.8 Å². The van der Waals surface area contributed by atoms with Crippen LogP contribution in [0.25, 0.3) is 11.3 Å². The molecular weight excluding hydrogens is 368 g/mol. The molecule has 0 unspecified atom stereocenters. The molecule has 1 aliphatic heterocycles. The van der Waals surface area contributed by atoms with Gasteiger partial charge < -0.3 is 4.90 Å². The van der Waals surface area contributed by atoms with E-state index in [1.807, 2.05) is 46.1 Å². The van der Waals surface area contributed by atoms with Crippen LogP contribution in [0.4, 0.5) is 0 Å². The SMILES string of the molecule is CSc1ccc(CCC(=O)N2CC[C@@H](n3cc(-c4ccccc4)nn3)C2)cc1. The summed E-state index contributed by atoms with van der Waals surface area (Å²) in [6.07, 6.45) is 6.32. The van der Waals surface area contributed by atoms with Crippen molar-refractivity contribution in [2.24, 2.45) is 0 Å². The largest absolute Gasteiger partial charge is 0.340 e. The van der Waals surface area contributed by atoms with Gasteiger partial charge in [0.05, 0.1) is 12.2 Å². The summed E-state index contributed by atoms with van der Waals surface area (Å²) in [5, 5.41) is 8.60. The number of aryl methyl sites for hydroxylation is 1. The second kappa shape index (κ2) is 8.61. The van der Waals surface area contributed by atoms with Gasteiger partial charge in [0, 0.05) is 30.0 Å². The van der Waals surface area contributed by atoms with Crippen LogP contribution in [-0.2, 0) is 11.2 Å². The lowest BCUT2D eigenvalue weighted by Crippen LogP contribution is -2.29. The average molecular weight is 393 g/mol. The first kappa shape index (κ1) is 18.7. The lowest BCUT2D eigenvalue weighted by molar-refractivity contribution is -0.130. The lowest BCUT2D eigenvalue weighted by atomic mass is 10.1. The van der Waals surface area contributed by atoms with Crippen LogP contribution >= 0.6 is 11.8 Å². The second-order valence-corrected chi connectivity index (χ2v) is 7.96. The topological polar surface area (TPSA) is 51.0 Å². The molecular formula is C22H24N4OS. The van der Waals surface area contributed by atoms with Crippen LogP contribution in [0.3, 0.4) is 0 Å². The molecule has 1 aromatic heterocycles. The molecule has 0 N–H and O–H groups in total. The molecule has 1 aliphatic rings. The number of thioether (sulfide) groups is 1. The van der Waals surface area contributed by atoms with E-state index in [-0.39, 0.29) is 11.9 Å². The third-order valence-corrected chi connectivity index (χ3v) is 6.00. The van der Waals surface area contributed by atoms with Crippen LogP contribution in [0.5, 0.6) is 0 Å². The Bertz CT molecular complexity index is 923. The number of benzene rings is 2. The van der Waals surface area contributed by atoms with E-state index in [1.54, 1.807) is 11.8 Å². The van der Waals surface area contributed by atoms with E-state index in [1.165, 1.54) is 10.5 Å². The van der Waals surface area contributed by atoms with Gasteiger partial charge >= 0.3 is 0 Å². The zero-order chi connectivity index (χ0) is 19.3. The number of aromatic nitrogens is 3. The van der Waals surface area contributed by atoms with Crippen molar-refractivity contribution in [2.75, 3.05) is 19.3 Å². The van der Waals surface area contributed by atoms with Crippen molar-refractivity contribution in [2.45, 2.75) is 30.2 Å². The van der Waals surface area contributed by atoms with Gasteiger partial charge in [-0.3, -0.25) is 4.79 Å². The van der Waals surface area contributed by atoms with E-state index in [0.717, 1.165) is 30.6 Å². The molecule has 6 heteroatoms. The lowest BCUT2D eigenvalue weighted by Gasteiger charge is -2.16. The normalized spacial score (nSPS) is 16.5. The van der Waals surface area contributed by atoms with Gasteiger partial charge in [-0.1, -0.05) is 47.7 Å². The molecule has 0 spiro atoms. The molecule has 1 saturated heterocycles. The van der Waals surface area contributed by atoms with Crippen molar-refractivity contribution in [3.63, 3.8) is 0 Å². The van der Waals surface area contributed by atoms with Crippen LogP contribution in [-0.4, -0.2) is 45.1 Å². The van der Waals surface area contributed by atoms with E-state index in [0.29, 0.717) is 13.0 Å². The number of carbonyl (C=O) groups is 1. The Morgan fingerprint density at radius 1 is 1.14 bits per heavy atom. The third-order valence-electron chi connectivity index (χ3n) is 5.26. The minimum atomic E-state index is 0.203. The van der Waals surface area contributed by atoms with Gasteiger partial charge in [-0.2, -0.15) is 0 Å².